The van der Waals surface area contributed by atoms with Crippen LogP contribution in [-0.2, 0) is 12.5 Å². The lowest BCUT2D eigenvalue weighted by molar-refractivity contribution is 0.0698. The molecule has 1 amide bonds. The Hall–Kier alpha value is -3.26. The minimum absolute atomic E-state index is 0.0385. The predicted molar refractivity (Wildman–Crippen MR) is 109 cm³/mol. The third-order valence-electron chi connectivity index (χ3n) is 4.35. The van der Waals surface area contributed by atoms with Gasteiger partial charge in [-0.3, -0.25) is 4.79 Å². The van der Waals surface area contributed by atoms with Crippen LogP contribution in [0.2, 0.25) is 5.02 Å². The van der Waals surface area contributed by atoms with Crippen molar-refractivity contribution >= 4 is 29.2 Å². The van der Waals surface area contributed by atoms with Crippen molar-refractivity contribution in [3.05, 3.63) is 58.1 Å². The minimum Gasteiger partial charge on any atom is -0.478 e. The number of carbonyl (C=O) groups is 2. The van der Waals surface area contributed by atoms with Gasteiger partial charge < -0.3 is 10.4 Å². The van der Waals surface area contributed by atoms with E-state index in [2.05, 4.69) is 41.5 Å². The Bertz CT molecular complexity index is 1080. The number of carboxylic acids is 1. The molecule has 0 aliphatic heterocycles. The van der Waals surface area contributed by atoms with Crippen LogP contribution in [0, 0.1) is 0 Å². The van der Waals surface area contributed by atoms with Gasteiger partial charge in [-0.2, -0.15) is 4.80 Å². The number of rotatable bonds is 4. The van der Waals surface area contributed by atoms with Gasteiger partial charge in [-0.15, -0.1) is 10.2 Å². The normalized spacial score (nSPS) is 11.3. The number of aromatic nitrogens is 4. The van der Waals surface area contributed by atoms with Gasteiger partial charge in [0.2, 0.25) is 5.82 Å². The first-order valence-electron chi connectivity index (χ1n) is 8.79. The van der Waals surface area contributed by atoms with E-state index in [4.69, 9.17) is 11.6 Å². The van der Waals surface area contributed by atoms with Crippen LogP contribution in [0.5, 0.6) is 0 Å². The van der Waals surface area contributed by atoms with E-state index in [9.17, 15) is 14.7 Å². The topological polar surface area (TPSA) is 110 Å². The van der Waals surface area contributed by atoms with E-state index < -0.39 is 11.9 Å². The van der Waals surface area contributed by atoms with Crippen molar-refractivity contribution in [1.82, 2.24) is 20.2 Å². The van der Waals surface area contributed by atoms with Gasteiger partial charge in [0.1, 0.15) is 0 Å². The number of tetrazole rings is 1. The van der Waals surface area contributed by atoms with Crippen molar-refractivity contribution in [2.24, 2.45) is 7.05 Å². The maximum atomic E-state index is 12.6. The molecule has 8 nitrogen and oxygen atoms in total. The lowest BCUT2D eigenvalue weighted by atomic mass is 9.86. The molecule has 0 aliphatic rings. The van der Waals surface area contributed by atoms with Crippen molar-refractivity contribution in [2.75, 3.05) is 5.32 Å². The van der Waals surface area contributed by atoms with Crippen LogP contribution < -0.4 is 5.32 Å². The van der Waals surface area contributed by atoms with E-state index in [0.29, 0.717) is 11.1 Å². The van der Waals surface area contributed by atoms with Crippen LogP contribution in [0.4, 0.5) is 5.69 Å². The van der Waals surface area contributed by atoms with Gasteiger partial charge in [0.15, 0.2) is 0 Å². The fourth-order valence-electron chi connectivity index (χ4n) is 2.73. The molecule has 0 aliphatic carbocycles. The SMILES string of the molecule is Cn1nnc(-c2cc(C(=O)O)c(NC(=O)c3ccc(C(C)(C)C)cc3)cc2Cl)n1. The molecule has 0 saturated carbocycles. The largest absolute Gasteiger partial charge is 0.478 e. The first-order valence-corrected chi connectivity index (χ1v) is 9.17. The lowest BCUT2D eigenvalue weighted by Crippen LogP contribution is -2.16. The van der Waals surface area contributed by atoms with E-state index >= 15 is 0 Å². The van der Waals surface area contributed by atoms with Gasteiger partial charge >= 0.3 is 5.97 Å². The highest BCUT2D eigenvalue weighted by molar-refractivity contribution is 6.34. The third kappa shape index (κ3) is 4.43. The van der Waals surface area contributed by atoms with Crippen molar-refractivity contribution < 1.29 is 14.7 Å². The molecule has 1 aromatic heterocycles. The fourth-order valence-corrected chi connectivity index (χ4v) is 2.98. The highest BCUT2D eigenvalue weighted by Gasteiger charge is 2.20. The predicted octanol–water partition coefficient (Wildman–Crippen LogP) is 3.78. The van der Waals surface area contributed by atoms with Crippen molar-refractivity contribution in [3.8, 4) is 11.4 Å². The number of nitrogens with zero attached hydrogens (tertiary/aromatic N) is 4. The van der Waals surface area contributed by atoms with Crippen molar-refractivity contribution in [1.29, 1.82) is 0 Å². The highest BCUT2D eigenvalue weighted by atomic mass is 35.5. The summed E-state index contributed by atoms with van der Waals surface area (Å²) in [6.45, 7) is 6.24. The van der Waals surface area contributed by atoms with E-state index in [1.54, 1.807) is 19.2 Å². The molecule has 3 rings (SSSR count). The number of aryl methyl sites for hydroxylation is 1. The maximum Gasteiger partial charge on any atom is 0.337 e. The third-order valence-corrected chi connectivity index (χ3v) is 4.66. The number of hydrogen-bond donors (Lipinski definition) is 2. The van der Waals surface area contributed by atoms with Crippen LogP contribution >= 0.6 is 11.6 Å². The second-order valence-corrected chi connectivity index (χ2v) is 7.97. The van der Waals surface area contributed by atoms with Gasteiger partial charge in [0.25, 0.3) is 5.91 Å². The van der Waals surface area contributed by atoms with Crippen LogP contribution in [0.15, 0.2) is 36.4 Å². The molecular weight excluding hydrogens is 394 g/mol. The molecule has 0 spiro atoms. The summed E-state index contributed by atoms with van der Waals surface area (Å²) in [4.78, 5) is 25.6. The summed E-state index contributed by atoms with van der Waals surface area (Å²) in [6.07, 6.45) is 0. The van der Waals surface area contributed by atoms with E-state index in [1.165, 1.54) is 16.9 Å². The van der Waals surface area contributed by atoms with Gasteiger partial charge in [-0.25, -0.2) is 4.79 Å². The summed E-state index contributed by atoms with van der Waals surface area (Å²) in [7, 11) is 1.59. The number of carboxylic acid groups (broad SMARTS) is 1. The average molecular weight is 414 g/mol. The van der Waals surface area contributed by atoms with Crippen LogP contribution in [0.3, 0.4) is 0 Å². The van der Waals surface area contributed by atoms with Gasteiger partial charge in [0.05, 0.1) is 23.3 Å². The van der Waals surface area contributed by atoms with Crippen LogP contribution in [-0.4, -0.2) is 37.2 Å². The molecular formula is C20H20ClN5O3. The van der Waals surface area contributed by atoms with Crippen LogP contribution in [0.1, 0.15) is 47.1 Å². The first-order chi connectivity index (χ1) is 13.6. The monoisotopic (exact) mass is 413 g/mol. The Labute approximate surface area is 172 Å². The quantitative estimate of drug-likeness (QED) is 0.673. The highest BCUT2D eigenvalue weighted by Crippen LogP contribution is 2.31. The Kier molecular flexibility index (Phi) is 5.39. The summed E-state index contributed by atoms with van der Waals surface area (Å²) in [6, 6.07) is 9.86. The van der Waals surface area contributed by atoms with E-state index in [1.807, 2.05) is 12.1 Å². The average Bonchev–Trinajstić information content (AvgIpc) is 3.07. The molecule has 0 radical (unpaired) electrons. The zero-order chi connectivity index (χ0) is 21.3. The zero-order valence-corrected chi connectivity index (χ0v) is 17.2. The number of halogens is 1. The molecule has 2 N–H and O–H groups in total. The Morgan fingerprint density at radius 2 is 1.79 bits per heavy atom. The number of amides is 1. The zero-order valence-electron chi connectivity index (χ0n) is 16.4. The number of carbonyl (C=O) groups excluding carboxylic acids is 1. The molecule has 150 valence electrons. The summed E-state index contributed by atoms with van der Waals surface area (Å²) in [5.41, 5.74) is 1.72. The molecule has 3 aromatic rings. The standard InChI is InChI=1S/C20H20ClN5O3/c1-20(2,3)12-7-5-11(6-8-12)18(27)22-16-10-15(21)13(9-14(16)19(28)29)17-23-25-26(4)24-17/h5-10H,1-4H3,(H,22,27)(H,28,29). The number of anilines is 1. The molecule has 1 heterocycles. The fraction of sp³-hybridized carbons (Fsp3) is 0.250. The number of hydrogen-bond acceptors (Lipinski definition) is 5. The molecule has 0 unspecified atom stereocenters. The summed E-state index contributed by atoms with van der Waals surface area (Å²) < 4.78 is 0. The molecule has 0 fully saturated rings. The molecule has 0 bridgehead atoms. The van der Waals surface area contributed by atoms with Gasteiger partial charge in [0, 0.05) is 11.1 Å². The second kappa shape index (κ2) is 7.63. The Morgan fingerprint density at radius 1 is 1.14 bits per heavy atom. The summed E-state index contributed by atoms with van der Waals surface area (Å²) in [5.74, 6) is -1.46. The van der Waals surface area contributed by atoms with E-state index in [-0.39, 0.29) is 27.5 Å². The van der Waals surface area contributed by atoms with Gasteiger partial charge in [-0.1, -0.05) is 44.5 Å². The Morgan fingerprint density at radius 3 is 2.31 bits per heavy atom. The number of nitrogens with one attached hydrogen (secondary N) is 1. The molecule has 0 saturated heterocycles. The van der Waals surface area contributed by atoms with Crippen molar-refractivity contribution in [2.45, 2.75) is 26.2 Å². The van der Waals surface area contributed by atoms with E-state index in [0.717, 1.165) is 5.56 Å². The molecule has 29 heavy (non-hydrogen) atoms. The Balaban J connectivity index is 1.93. The minimum atomic E-state index is -1.22. The van der Waals surface area contributed by atoms with Gasteiger partial charge in [-0.05, 0) is 40.5 Å². The summed E-state index contributed by atoms with van der Waals surface area (Å²) in [5, 5.41) is 24.0. The van der Waals surface area contributed by atoms with Crippen LogP contribution in [0.25, 0.3) is 11.4 Å². The summed E-state index contributed by atoms with van der Waals surface area (Å²) >= 11 is 6.29. The lowest BCUT2D eigenvalue weighted by Gasteiger charge is -2.19. The molecule has 2 aromatic carbocycles. The maximum absolute atomic E-state index is 12.6. The number of benzene rings is 2. The molecule has 0 atom stereocenters. The first kappa shape index (κ1) is 20.5. The molecule has 9 heteroatoms. The number of aromatic carboxylic acids is 1. The van der Waals surface area contributed by atoms with Crippen molar-refractivity contribution in [3.63, 3.8) is 0 Å². The second-order valence-electron chi connectivity index (χ2n) is 7.57. The smallest absolute Gasteiger partial charge is 0.337 e.